The summed E-state index contributed by atoms with van der Waals surface area (Å²) in [6.45, 7) is 1.65. The fourth-order valence-corrected chi connectivity index (χ4v) is 2.10. The van der Waals surface area contributed by atoms with Crippen LogP contribution in [0.4, 0.5) is 0 Å². The summed E-state index contributed by atoms with van der Waals surface area (Å²) in [5, 5.41) is 24.6. The van der Waals surface area contributed by atoms with E-state index in [2.05, 4.69) is 10.5 Å². The van der Waals surface area contributed by atoms with E-state index in [1.165, 1.54) is 29.5 Å². The van der Waals surface area contributed by atoms with Crippen molar-refractivity contribution in [3.05, 3.63) is 46.2 Å². The van der Waals surface area contributed by atoms with Crippen LogP contribution in [0, 0.1) is 0 Å². The molecule has 0 aliphatic carbocycles. The summed E-state index contributed by atoms with van der Waals surface area (Å²) in [5.74, 6) is -0.420. The number of carbonyl (C=O) groups excluding carboxylic acids is 1. The van der Waals surface area contributed by atoms with Crippen LogP contribution in [-0.2, 0) is 0 Å². The Morgan fingerprint density at radius 3 is 2.74 bits per heavy atom. The van der Waals surface area contributed by atoms with Crippen molar-refractivity contribution in [1.82, 2.24) is 5.43 Å². The lowest BCUT2D eigenvalue weighted by Gasteiger charge is -2.05. The van der Waals surface area contributed by atoms with Crippen molar-refractivity contribution in [2.45, 2.75) is 6.92 Å². The van der Waals surface area contributed by atoms with Gasteiger partial charge in [-0.15, -0.1) is 11.3 Å². The number of hydrogen-bond donors (Lipinski definition) is 3. The summed E-state index contributed by atoms with van der Waals surface area (Å²) < 4.78 is 0. The number of benzene rings is 1. The van der Waals surface area contributed by atoms with Crippen molar-refractivity contribution < 1.29 is 15.0 Å². The van der Waals surface area contributed by atoms with Crippen LogP contribution >= 0.6 is 11.3 Å². The Kier molecular flexibility index (Phi) is 3.82. The van der Waals surface area contributed by atoms with E-state index in [0.29, 0.717) is 16.2 Å². The monoisotopic (exact) mass is 276 g/mol. The molecule has 5 nitrogen and oxygen atoms in total. The van der Waals surface area contributed by atoms with E-state index in [1.807, 2.05) is 0 Å². The molecule has 19 heavy (non-hydrogen) atoms. The highest BCUT2D eigenvalue weighted by Gasteiger charge is 2.08. The van der Waals surface area contributed by atoms with E-state index >= 15 is 0 Å². The molecule has 2 rings (SSSR count). The molecule has 0 spiro atoms. The largest absolute Gasteiger partial charge is 0.508 e. The maximum absolute atomic E-state index is 11.7. The highest BCUT2D eigenvalue weighted by molar-refractivity contribution is 7.12. The van der Waals surface area contributed by atoms with Crippen LogP contribution < -0.4 is 5.43 Å². The highest BCUT2D eigenvalue weighted by atomic mass is 32.1. The number of nitrogens with one attached hydrogen (secondary N) is 1. The van der Waals surface area contributed by atoms with Gasteiger partial charge < -0.3 is 10.2 Å². The molecule has 0 unspecified atom stereocenters. The van der Waals surface area contributed by atoms with Gasteiger partial charge in [-0.1, -0.05) is 6.07 Å². The van der Waals surface area contributed by atoms with E-state index < -0.39 is 0 Å². The summed E-state index contributed by atoms with van der Waals surface area (Å²) in [6.07, 6.45) is 0. The predicted molar refractivity (Wildman–Crippen MR) is 73.8 cm³/mol. The molecule has 1 aromatic carbocycles. The van der Waals surface area contributed by atoms with Gasteiger partial charge in [-0.3, -0.25) is 4.79 Å². The first-order chi connectivity index (χ1) is 9.08. The first-order valence-corrected chi connectivity index (χ1v) is 6.36. The highest BCUT2D eigenvalue weighted by Crippen LogP contribution is 2.22. The minimum absolute atomic E-state index is 0.0309. The number of carbonyl (C=O) groups is 1. The van der Waals surface area contributed by atoms with E-state index in [4.69, 9.17) is 0 Å². The van der Waals surface area contributed by atoms with Crippen molar-refractivity contribution >= 4 is 23.0 Å². The minimum atomic E-state index is -0.299. The quantitative estimate of drug-likeness (QED) is 0.594. The third-order valence-electron chi connectivity index (χ3n) is 2.44. The normalized spacial score (nSPS) is 11.3. The van der Waals surface area contributed by atoms with Crippen molar-refractivity contribution in [2.75, 3.05) is 0 Å². The molecule has 0 aliphatic heterocycles. The standard InChI is InChI=1S/C13H12N2O3S/c1-8(10-5-4-9(16)7-11(10)17)14-15-13(18)12-3-2-6-19-12/h2-7,16-17H,1H3,(H,15,18)/b14-8-. The number of phenols is 2. The van der Waals surface area contributed by atoms with Gasteiger partial charge in [0.25, 0.3) is 5.91 Å². The molecule has 3 N–H and O–H groups in total. The van der Waals surface area contributed by atoms with Crippen molar-refractivity contribution in [2.24, 2.45) is 5.10 Å². The number of amides is 1. The molecule has 1 aromatic heterocycles. The summed E-state index contributed by atoms with van der Waals surface area (Å²) in [7, 11) is 0. The molecule has 0 saturated carbocycles. The number of rotatable bonds is 3. The number of thiophene rings is 1. The molecule has 1 amide bonds. The topological polar surface area (TPSA) is 81.9 Å². The fourth-order valence-electron chi connectivity index (χ4n) is 1.48. The second kappa shape index (κ2) is 5.53. The van der Waals surface area contributed by atoms with Gasteiger partial charge in [0.2, 0.25) is 0 Å². The third kappa shape index (κ3) is 3.11. The SMILES string of the molecule is C/C(=N/NC(=O)c1cccs1)c1ccc(O)cc1O. The Hall–Kier alpha value is -2.34. The average molecular weight is 276 g/mol. The maximum atomic E-state index is 11.7. The van der Waals surface area contributed by atoms with E-state index in [9.17, 15) is 15.0 Å². The van der Waals surface area contributed by atoms with E-state index in [-0.39, 0.29) is 17.4 Å². The fraction of sp³-hybridized carbons (Fsp3) is 0.0769. The molecular weight excluding hydrogens is 264 g/mol. The number of hydrogen-bond acceptors (Lipinski definition) is 5. The Morgan fingerprint density at radius 1 is 1.32 bits per heavy atom. The summed E-state index contributed by atoms with van der Waals surface area (Å²) in [6, 6.07) is 7.66. The zero-order valence-corrected chi connectivity index (χ0v) is 10.9. The van der Waals surface area contributed by atoms with Crippen LogP contribution in [0.1, 0.15) is 22.2 Å². The van der Waals surface area contributed by atoms with Gasteiger partial charge in [-0.2, -0.15) is 5.10 Å². The van der Waals surface area contributed by atoms with E-state index in [1.54, 1.807) is 24.4 Å². The van der Waals surface area contributed by atoms with Crippen LogP contribution in [-0.4, -0.2) is 21.8 Å². The molecule has 2 aromatic rings. The van der Waals surface area contributed by atoms with Gasteiger partial charge in [-0.25, -0.2) is 5.43 Å². The number of nitrogens with zero attached hydrogens (tertiary/aromatic N) is 1. The summed E-state index contributed by atoms with van der Waals surface area (Å²) in [4.78, 5) is 12.2. The number of aromatic hydroxyl groups is 2. The molecule has 0 aliphatic rings. The Balaban J connectivity index is 2.13. The van der Waals surface area contributed by atoms with Gasteiger partial charge in [0.1, 0.15) is 11.5 Å². The lowest BCUT2D eigenvalue weighted by Crippen LogP contribution is -2.18. The molecule has 98 valence electrons. The van der Waals surface area contributed by atoms with E-state index in [0.717, 1.165) is 0 Å². The van der Waals surface area contributed by atoms with Crippen LogP contribution in [0.2, 0.25) is 0 Å². The number of phenolic OH excluding ortho intramolecular Hbond substituents is 2. The Morgan fingerprint density at radius 2 is 2.11 bits per heavy atom. The molecule has 0 fully saturated rings. The summed E-state index contributed by atoms with van der Waals surface area (Å²) in [5.41, 5.74) is 3.31. The predicted octanol–water partition coefficient (Wildman–Crippen LogP) is 2.31. The van der Waals surface area contributed by atoms with Crippen LogP contribution in [0.25, 0.3) is 0 Å². The third-order valence-corrected chi connectivity index (χ3v) is 3.31. The summed E-state index contributed by atoms with van der Waals surface area (Å²) >= 11 is 1.32. The zero-order valence-electron chi connectivity index (χ0n) is 10.1. The second-order valence-electron chi connectivity index (χ2n) is 3.82. The molecule has 0 atom stereocenters. The zero-order chi connectivity index (χ0) is 13.8. The van der Waals surface area contributed by atoms with Crippen molar-refractivity contribution in [1.29, 1.82) is 0 Å². The average Bonchev–Trinajstić information content (AvgIpc) is 2.89. The molecule has 6 heteroatoms. The van der Waals surface area contributed by atoms with Crippen LogP contribution in [0.5, 0.6) is 11.5 Å². The molecule has 0 bridgehead atoms. The lowest BCUT2D eigenvalue weighted by molar-refractivity contribution is 0.0959. The minimum Gasteiger partial charge on any atom is -0.508 e. The first-order valence-electron chi connectivity index (χ1n) is 5.48. The van der Waals surface area contributed by atoms with Crippen LogP contribution in [0.3, 0.4) is 0 Å². The first kappa shape index (κ1) is 13.1. The van der Waals surface area contributed by atoms with Crippen LogP contribution in [0.15, 0.2) is 40.8 Å². The van der Waals surface area contributed by atoms with Gasteiger partial charge in [0.05, 0.1) is 10.6 Å². The molecular formula is C13H12N2O3S. The maximum Gasteiger partial charge on any atom is 0.281 e. The van der Waals surface area contributed by atoms with Gasteiger partial charge in [0, 0.05) is 11.6 Å². The molecule has 0 saturated heterocycles. The molecule has 1 heterocycles. The second-order valence-corrected chi connectivity index (χ2v) is 4.76. The molecule has 0 radical (unpaired) electrons. The Labute approximate surface area is 113 Å². The van der Waals surface area contributed by atoms with Gasteiger partial charge in [0.15, 0.2) is 0 Å². The van der Waals surface area contributed by atoms with Crippen molar-refractivity contribution in [3.63, 3.8) is 0 Å². The van der Waals surface area contributed by atoms with Gasteiger partial charge >= 0.3 is 0 Å². The van der Waals surface area contributed by atoms with Crippen molar-refractivity contribution in [3.8, 4) is 11.5 Å². The number of hydrazone groups is 1. The lowest BCUT2D eigenvalue weighted by atomic mass is 10.1. The van der Waals surface area contributed by atoms with Gasteiger partial charge in [-0.05, 0) is 30.5 Å². The Bertz CT molecular complexity index is 621. The smallest absolute Gasteiger partial charge is 0.281 e.